The molecule has 7 atom stereocenters. The average Bonchev–Trinajstić information content (AvgIpc) is 3.09. The van der Waals surface area contributed by atoms with Crippen molar-refractivity contribution in [1.29, 1.82) is 0 Å². The molecule has 2 N–H and O–H groups in total. The summed E-state index contributed by atoms with van der Waals surface area (Å²) in [6, 6.07) is 0. The number of amides is 1. The number of hydrogen-bond acceptors (Lipinski definition) is 4. The highest BCUT2D eigenvalue weighted by atomic mass is 79.9. The first kappa shape index (κ1) is 21.1. The summed E-state index contributed by atoms with van der Waals surface area (Å²) in [4.78, 5) is 16.0. The SMILES string of the molecule is O=C(C1C(O)CC(O)CC1OCC1CCCCC1)N1CC2CCC(Br)CC2C1. The highest BCUT2D eigenvalue weighted by Crippen LogP contribution is 2.40. The van der Waals surface area contributed by atoms with Crippen molar-refractivity contribution in [2.75, 3.05) is 19.7 Å². The van der Waals surface area contributed by atoms with Crippen LogP contribution in [0.25, 0.3) is 0 Å². The molecule has 0 aromatic heterocycles. The van der Waals surface area contributed by atoms with Crippen LogP contribution in [0.2, 0.25) is 0 Å². The lowest BCUT2D eigenvalue weighted by Crippen LogP contribution is -2.52. The molecule has 3 saturated carbocycles. The number of aliphatic hydroxyl groups is 2. The summed E-state index contributed by atoms with van der Waals surface area (Å²) in [6.45, 7) is 2.29. The van der Waals surface area contributed by atoms with E-state index in [0.717, 1.165) is 19.5 Å². The summed E-state index contributed by atoms with van der Waals surface area (Å²) >= 11 is 3.75. The predicted octanol–water partition coefficient (Wildman–Crippen LogP) is 3.11. The van der Waals surface area contributed by atoms with Crippen LogP contribution in [-0.2, 0) is 9.53 Å². The molecule has 160 valence electrons. The van der Waals surface area contributed by atoms with Crippen LogP contribution in [0.3, 0.4) is 0 Å². The summed E-state index contributed by atoms with van der Waals surface area (Å²) in [5.74, 6) is 1.27. The molecule has 0 radical (unpaired) electrons. The number of ether oxygens (including phenoxy) is 1. The zero-order chi connectivity index (χ0) is 19.7. The second kappa shape index (κ2) is 9.32. The Morgan fingerprint density at radius 2 is 1.71 bits per heavy atom. The quantitative estimate of drug-likeness (QED) is 0.636. The molecule has 5 nitrogen and oxygen atoms in total. The second-order valence-electron chi connectivity index (χ2n) is 9.77. The lowest BCUT2D eigenvalue weighted by Gasteiger charge is -2.39. The van der Waals surface area contributed by atoms with Crippen molar-refractivity contribution in [3.63, 3.8) is 0 Å². The van der Waals surface area contributed by atoms with Gasteiger partial charge in [0.15, 0.2) is 0 Å². The number of carbonyl (C=O) groups excluding carboxylic acids is 1. The maximum Gasteiger partial charge on any atom is 0.230 e. The van der Waals surface area contributed by atoms with E-state index in [-0.39, 0.29) is 18.4 Å². The van der Waals surface area contributed by atoms with Crippen LogP contribution in [0.5, 0.6) is 0 Å². The van der Waals surface area contributed by atoms with Crippen molar-refractivity contribution in [1.82, 2.24) is 4.90 Å². The first-order chi connectivity index (χ1) is 13.5. The lowest BCUT2D eigenvalue weighted by molar-refractivity contribution is -0.158. The number of carbonyl (C=O) groups is 1. The zero-order valence-electron chi connectivity index (χ0n) is 16.8. The molecular weight excluding hydrogens is 422 g/mol. The highest BCUT2D eigenvalue weighted by Gasteiger charge is 2.47. The molecule has 6 heteroatoms. The largest absolute Gasteiger partial charge is 0.393 e. The smallest absolute Gasteiger partial charge is 0.230 e. The van der Waals surface area contributed by atoms with Gasteiger partial charge in [0, 0.05) is 37.4 Å². The van der Waals surface area contributed by atoms with Gasteiger partial charge in [0.25, 0.3) is 0 Å². The molecule has 1 saturated heterocycles. The summed E-state index contributed by atoms with van der Waals surface area (Å²) in [6.07, 6.45) is 8.73. The van der Waals surface area contributed by atoms with Gasteiger partial charge in [0.2, 0.25) is 5.91 Å². The molecule has 4 rings (SSSR count). The van der Waals surface area contributed by atoms with Gasteiger partial charge in [-0.25, -0.2) is 0 Å². The van der Waals surface area contributed by atoms with Crippen LogP contribution in [0.1, 0.15) is 64.2 Å². The van der Waals surface area contributed by atoms with Crippen molar-refractivity contribution >= 4 is 21.8 Å². The fourth-order valence-electron chi connectivity index (χ4n) is 6.06. The Kier molecular flexibility index (Phi) is 7.01. The van der Waals surface area contributed by atoms with E-state index in [1.165, 1.54) is 44.9 Å². The van der Waals surface area contributed by atoms with Gasteiger partial charge in [0.05, 0.1) is 24.2 Å². The Balaban J connectivity index is 1.39. The first-order valence-corrected chi connectivity index (χ1v) is 12.3. The van der Waals surface area contributed by atoms with Gasteiger partial charge in [0.1, 0.15) is 0 Å². The first-order valence-electron chi connectivity index (χ1n) is 11.4. The van der Waals surface area contributed by atoms with E-state index in [1.54, 1.807) is 0 Å². The van der Waals surface area contributed by atoms with Gasteiger partial charge in [-0.3, -0.25) is 4.79 Å². The van der Waals surface area contributed by atoms with Crippen molar-refractivity contribution in [3.05, 3.63) is 0 Å². The topological polar surface area (TPSA) is 70.0 Å². The third-order valence-corrected chi connectivity index (χ3v) is 8.52. The Bertz CT molecular complexity index is 541. The van der Waals surface area contributed by atoms with E-state index in [9.17, 15) is 15.0 Å². The maximum absolute atomic E-state index is 13.4. The monoisotopic (exact) mass is 457 g/mol. The van der Waals surface area contributed by atoms with Crippen LogP contribution in [-0.4, -0.2) is 63.9 Å². The molecular formula is C22H36BrNO4. The van der Waals surface area contributed by atoms with Crippen molar-refractivity contribution in [2.24, 2.45) is 23.7 Å². The van der Waals surface area contributed by atoms with Crippen molar-refractivity contribution in [2.45, 2.75) is 87.3 Å². The van der Waals surface area contributed by atoms with E-state index >= 15 is 0 Å². The van der Waals surface area contributed by atoms with Gasteiger partial charge >= 0.3 is 0 Å². The third kappa shape index (κ3) is 4.76. The maximum atomic E-state index is 13.4. The minimum atomic E-state index is -0.806. The molecule has 7 unspecified atom stereocenters. The van der Waals surface area contributed by atoms with Gasteiger partial charge in [-0.1, -0.05) is 35.2 Å². The number of aliphatic hydroxyl groups excluding tert-OH is 2. The van der Waals surface area contributed by atoms with E-state index in [0.29, 0.717) is 35.6 Å². The van der Waals surface area contributed by atoms with Crippen molar-refractivity contribution in [3.8, 4) is 0 Å². The summed E-state index contributed by atoms with van der Waals surface area (Å²) < 4.78 is 6.22. The standard InChI is InChI=1S/C22H36BrNO4/c23-17-7-6-15-11-24(12-16(15)8-17)22(27)21-19(26)9-18(25)10-20(21)28-13-14-4-2-1-3-5-14/h14-21,25-26H,1-13H2. The number of halogens is 1. The molecule has 1 heterocycles. The number of likely N-dealkylation sites (tertiary alicyclic amines) is 1. The van der Waals surface area contributed by atoms with Crippen molar-refractivity contribution < 1.29 is 19.7 Å². The normalized spacial score (nSPS) is 42.4. The van der Waals surface area contributed by atoms with Crippen LogP contribution in [0, 0.1) is 23.7 Å². The molecule has 0 bridgehead atoms. The van der Waals surface area contributed by atoms with E-state index in [4.69, 9.17) is 4.74 Å². The number of hydrogen-bond donors (Lipinski definition) is 2. The third-order valence-electron chi connectivity index (χ3n) is 7.69. The summed E-state index contributed by atoms with van der Waals surface area (Å²) in [7, 11) is 0. The van der Waals surface area contributed by atoms with Crippen LogP contribution in [0.15, 0.2) is 0 Å². The molecule has 3 aliphatic carbocycles. The number of alkyl halides is 1. The molecule has 1 amide bonds. The number of rotatable bonds is 4. The Morgan fingerprint density at radius 1 is 0.964 bits per heavy atom. The zero-order valence-corrected chi connectivity index (χ0v) is 18.4. The van der Waals surface area contributed by atoms with Crippen LogP contribution >= 0.6 is 15.9 Å². The Hall–Kier alpha value is -0.170. The number of fused-ring (bicyclic) bond motifs is 1. The lowest BCUT2D eigenvalue weighted by atomic mass is 9.81. The van der Waals surface area contributed by atoms with Gasteiger partial charge in [-0.2, -0.15) is 0 Å². The fraction of sp³-hybridized carbons (Fsp3) is 0.955. The van der Waals surface area contributed by atoms with Crippen LogP contribution < -0.4 is 0 Å². The molecule has 28 heavy (non-hydrogen) atoms. The fourth-order valence-corrected chi connectivity index (χ4v) is 6.80. The highest BCUT2D eigenvalue weighted by molar-refractivity contribution is 9.09. The molecule has 4 aliphatic rings. The minimum Gasteiger partial charge on any atom is -0.393 e. The minimum absolute atomic E-state index is 0.0496. The number of nitrogens with zero attached hydrogens (tertiary/aromatic N) is 1. The molecule has 4 fully saturated rings. The Morgan fingerprint density at radius 3 is 2.50 bits per heavy atom. The molecule has 0 spiro atoms. The van der Waals surface area contributed by atoms with Gasteiger partial charge in [-0.05, 0) is 49.9 Å². The summed E-state index contributed by atoms with van der Waals surface area (Å²) in [5.41, 5.74) is 0. The second-order valence-corrected chi connectivity index (χ2v) is 11.1. The molecule has 0 aromatic carbocycles. The van der Waals surface area contributed by atoms with E-state index in [2.05, 4.69) is 15.9 Å². The molecule has 1 aliphatic heterocycles. The van der Waals surface area contributed by atoms with Crippen LogP contribution in [0.4, 0.5) is 0 Å². The van der Waals surface area contributed by atoms with Gasteiger partial charge < -0.3 is 19.8 Å². The Labute approximate surface area is 177 Å². The molecule has 0 aromatic rings. The van der Waals surface area contributed by atoms with E-state index in [1.807, 2.05) is 4.90 Å². The van der Waals surface area contributed by atoms with Gasteiger partial charge in [-0.15, -0.1) is 0 Å². The average molecular weight is 458 g/mol. The summed E-state index contributed by atoms with van der Waals surface area (Å²) in [5, 5.41) is 20.9. The predicted molar refractivity (Wildman–Crippen MR) is 111 cm³/mol. The van der Waals surface area contributed by atoms with E-state index < -0.39 is 18.1 Å².